The van der Waals surface area contributed by atoms with E-state index in [4.69, 9.17) is 10.8 Å². The maximum atomic E-state index is 10.6. The van der Waals surface area contributed by atoms with E-state index in [0.717, 1.165) is 5.56 Å². The molecule has 1 atom stereocenters. The van der Waals surface area contributed by atoms with Crippen molar-refractivity contribution in [2.45, 2.75) is 6.42 Å². The highest BCUT2D eigenvalue weighted by Gasteiger charge is 2.15. The molecule has 4 nitrogen and oxygen atoms in total. The van der Waals surface area contributed by atoms with E-state index in [-0.39, 0.29) is 19.0 Å². The SMILES string of the molecule is Cl.NCC(Cc1ccncc1)C(=O)O. The number of hydrogen-bond acceptors (Lipinski definition) is 3. The highest BCUT2D eigenvalue weighted by molar-refractivity contribution is 5.85. The van der Waals surface area contributed by atoms with Crippen molar-refractivity contribution >= 4 is 18.4 Å². The Morgan fingerprint density at radius 3 is 2.50 bits per heavy atom. The van der Waals surface area contributed by atoms with Crippen LogP contribution in [0.1, 0.15) is 5.56 Å². The minimum absolute atomic E-state index is 0. The normalized spacial score (nSPS) is 11.5. The summed E-state index contributed by atoms with van der Waals surface area (Å²) < 4.78 is 0. The van der Waals surface area contributed by atoms with E-state index >= 15 is 0 Å². The molecule has 0 amide bonds. The number of aliphatic carboxylic acids is 1. The molecule has 1 heterocycles. The smallest absolute Gasteiger partial charge is 0.308 e. The van der Waals surface area contributed by atoms with Gasteiger partial charge in [-0.2, -0.15) is 0 Å². The van der Waals surface area contributed by atoms with Gasteiger partial charge in [-0.15, -0.1) is 12.4 Å². The molecule has 1 aromatic heterocycles. The molecule has 0 radical (unpaired) electrons. The predicted molar refractivity (Wildman–Crippen MR) is 55.4 cm³/mol. The number of carbonyl (C=O) groups is 1. The largest absolute Gasteiger partial charge is 0.481 e. The number of carboxylic acids is 1. The molecule has 0 aliphatic rings. The van der Waals surface area contributed by atoms with Crippen LogP contribution in [0.25, 0.3) is 0 Å². The summed E-state index contributed by atoms with van der Waals surface area (Å²) in [6.45, 7) is 0.164. The molecule has 0 fully saturated rings. The third-order valence-electron chi connectivity index (χ3n) is 1.87. The average molecular weight is 217 g/mol. The summed E-state index contributed by atoms with van der Waals surface area (Å²) in [5, 5.41) is 8.74. The van der Waals surface area contributed by atoms with Crippen LogP contribution < -0.4 is 5.73 Å². The fourth-order valence-corrected chi connectivity index (χ4v) is 1.07. The molecule has 3 N–H and O–H groups in total. The first kappa shape index (κ1) is 12.9. The minimum Gasteiger partial charge on any atom is -0.481 e. The van der Waals surface area contributed by atoms with Gasteiger partial charge in [0.05, 0.1) is 5.92 Å². The second-order valence-corrected chi connectivity index (χ2v) is 2.83. The van der Waals surface area contributed by atoms with E-state index in [1.54, 1.807) is 24.5 Å². The molecule has 14 heavy (non-hydrogen) atoms. The van der Waals surface area contributed by atoms with Crippen LogP contribution in [0, 0.1) is 5.92 Å². The van der Waals surface area contributed by atoms with E-state index in [1.807, 2.05) is 0 Å². The minimum atomic E-state index is -0.848. The van der Waals surface area contributed by atoms with Gasteiger partial charge in [0, 0.05) is 18.9 Å². The maximum Gasteiger partial charge on any atom is 0.308 e. The van der Waals surface area contributed by atoms with Crippen LogP contribution in [0.3, 0.4) is 0 Å². The Morgan fingerprint density at radius 2 is 2.07 bits per heavy atom. The summed E-state index contributed by atoms with van der Waals surface area (Å²) in [5.41, 5.74) is 6.28. The lowest BCUT2D eigenvalue weighted by molar-refractivity contribution is -0.141. The van der Waals surface area contributed by atoms with E-state index < -0.39 is 11.9 Å². The molecule has 5 heteroatoms. The lowest BCUT2D eigenvalue weighted by atomic mass is 10.0. The van der Waals surface area contributed by atoms with Crippen LogP contribution in [0.4, 0.5) is 0 Å². The summed E-state index contributed by atoms with van der Waals surface area (Å²) >= 11 is 0. The first-order valence-electron chi connectivity index (χ1n) is 4.06. The Bertz CT molecular complexity index is 279. The molecular weight excluding hydrogens is 204 g/mol. The molecule has 1 unspecified atom stereocenters. The second-order valence-electron chi connectivity index (χ2n) is 2.83. The highest BCUT2D eigenvalue weighted by Crippen LogP contribution is 2.06. The van der Waals surface area contributed by atoms with Gasteiger partial charge in [0.25, 0.3) is 0 Å². The molecule has 1 aromatic rings. The molecule has 0 saturated heterocycles. The van der Waals surface area contributed by atoms with Crippen LogP contribution in [-0.2, 0) is 11.2 Å². The number of carboxylic acid groups (broad SMARTS) is 1. The third kappa shape index (κ3) is 3.72. The van der Waals surface area contributed by atoms with E-state index in [9.17, 15) is 4.79 Å². The standard InChI is InChI=1S/C9H12N2O2.ClH/c10-6-8(9(12)13)5-7-1-3-11-4-2-7;/h1-4,8H,5-6,10H2,(H,12,13);1H. The zero-order chi connectivity index (χ0) is 9.68. The fourth-order valence-electron chi connectivity index (χ4n) is 1.07. The molecule has 0 aliphatic heterocycles. The van der Waals surface area contributed by atoms with Gasteiger partial charge in [0.1, 0.15) is 0 Å². The van der Waals surface area contributed by atoms with Crippen molar-refractivity contribution < 1.29 is 9.90 Å². The molecule has 0 aromatic carbocycles. The Hall–Kier alpha value is -1.13. The van der Waals surface area contributed by atoms with Gasteiger partial charge >= 0.3 is 5.97 Å². The Kier molecular flexibility index (Phi) is 5.83. The molecule has 1 rings (SSSR count). The van der Waals surface area contributed by atoms with E-state index in [2.05, 4.69) is 4.98 Å². The predicted octanol–water partition coefficient (Wildman–Crippen LogP) is 0.705. The van der Waals surface area contributed by atoms with Gasteiger partial charge in [-0.25, -0.2) is 0 Å². The van der Waals surface area contributed by atoms with Crippen LogP contribution in [0.5, 0.6) is 0 Å². The van der Waals surface area contributed by atoms with Gasteiger partial charge in [0.15, 0.2) is 0 Å². The summed E-state index contributed by atoms with van der Waals surface area (Å²) in [4.78, 5) is 14.5. The zero-order valence-electron chi connectivity index (χ0n) is 7.59. The summed E-state index contributed by atoms with van der Waals surface area (Å²) in [6, 6.07) is 3.59. The Morgan fingerprint density at radius 1 is 1.50 bits per heavy atom. The summed E-state index contributed by atoms with van der Waals surface area (Å²) in [5.74, 6) is -1.35. The molecular formula is C9H13ClN2O2. The van der Waals surface area contributed by atoms with Crippen molar-refractivity contribution in [1.82, 2.24) is 4.98 Å². The van der Waals surface area contributed by atoms with Crippen molar-refractivity contribution in [3.05, 3.63) is 30.1 Å². The monoisotopic (exact) mass is 216 g/mol. The first-order chi connectivity index (χ1) is 6.24. The molecule has 0 spiro atoms. The van der Waals surface area contributed by atoms with Gasteiger partial charge in [-0.1, -0.05) is 0 Å². The maximum absolute atomic E-state index is 10.6. The van der Waals surface area contributed by atoms with Crippen molar-refractivity contribution in [1.29, 1.82) is 0 Å². The van der Waals surface area contributed by atoms with Crippen molar-refractivity contribution in [3.63, 3.8) is 0 Å². The quantitative estimate of drug-likeness (QED) is 0.777. The summed E-state index contributed by atoms with van der Waals surface area (Å²) in [7, 11) is 0. The molecule has 78 valence electrons. The number of aromatic nitrogens is 1. The van der Waals surface area contributed by atoms with Gasteiger partial charge in [-0.3, -0.25) is 9.78 Å². The topological polar surface area (TPSA) is 76.2 Å². The molecule has 0 aliphatic carbocycles. The zero-order valence-corrected chi connectivity index (χ0v) is 8.41. The van der Waals surface area contributed by atoms with Crippen LogP contribution in [0.2, 0.25) is 0 Å². The summed E-state index contributed by atoms with van der Waals surface area (Å²) in [6.07, 6.45) is 3.75. The number of nitrogens with two attached hydrogens (primary N) is 1. The average Bonchev–Trinajstić information content (AvgIpc) is 2.15. The number of halogens is 1. The lowest BCUT2D eigenvalue weighted by Gasteiger charge is -2.08. The third-order valence-corrected chi connectivity index (χ3v) is 1.87. The van der Waals surface area contributed by atoms with Crippen molar-refractivity contribution in [2.75, 3.05) is 6.54 Å². The Labute approximate surface area is 88.6 Å². The lowest BCUT2D eigenvalue weighted by Crippen LogP contribution is -2.25. The number of hydrogen-bond donors (Lipinski definition) is 2. The van der Waals surface area contributed by atoms with Crippen molar-refractivity contribution in [2.24, 2.45) is 11.7 Å². The number of pyridine rings is 1. The number of nitrogens with zero attached hydrogens (tertiary/aromatic N) is 1. The second kappa shape index (κ2) is 6.34. The van der Waals surface area contributed by atoms with Gasteiger partial charge < -0.3 is 10.8 Å². The number of rotatable bonds is 4. The fraction of sp³-hybridized carbons (Fsp3) is 0.333. The Balaban J connectivity index is 0.00000169. The molecule has 0 bridgehead atoms. The first-order valence-corrected chi connectivity index (χ1v) is 4.06. The molecule has 0 saturated carbocycles. The van der Waals surface area contributed by atoms with Crippen LogP contribution in [0.15, 0.2) is 24.5 Å². The van der Waals surface area contributed by atoms with E-state index in [0.29, 0.717) is 6.42 Å². The van der Waals surface area contributed by atoms with Crippen LogP contribution in [-0.4, -0.2) is 22.6 Å². The highest BCUT2D eigenvalue weighted by atomic mass is 35.5. The van der Waals surface area contributed by atoms with Gasteiger partial charge in [0.2, 0.25) is 0 Å². The van der Waals surface area contributed by atoms with Crippen LogP contribution >= 0.6 is 12.4 Å². The van der Waals surface area contributed by atoms with Crippen molar-refractivity contribution in [3.8, 4) is 0 Å². The van der Waals surface area contributed by atoms with Gasteiger partial charge in [-0.05, 0) is 24.1 Å². The van der Waals surface area contributed by atoms with E-state index in [1.165, 1.54) is 0 Å².